The summed E-state index contributed by atoms with van der Waals surface area (Å²) >= 11 is 1.20. The molecule has 36 heavy (non-hydrogen) atoms. The molecule has 1 fully saturated rings. The largest absolute Gasteiger partial charge is 0.296 e. The van der Waals surface area contributed by atoms with Crippen LogP contribution in [0.25, 0.3) is 11.8 Å². The van der Waals surface area contributed by atoms with Crippen molar-refractivity contribution in [3.05, 3.63) is 123 Å². The minimum atomic E-state index is -0.316. The lowest BCUT2D eigenvalue weighted by molar-refractivity contribution is -0.113. The summed E-state index contributed by atoms with van der Waals surface area (Å²) in [4.78, 5) is 29.2. The highest BCUT2D eigenvalue weighted by Gasteiger charge is 2.39. The van der Waals surface area contributed by atoms with Gasteiger partial charge in [-0.05, 0) is 48.0 Å². The van der Waals surface area contributed by atoms with Crippen LogP contribution in [0.1, 0.15) is 16.8 Å². The normalized spacial score (nSPS) is 16.1. The predicted molar refractivity (Wildman–Crippen MR) is 147 cm³/mol. The zero-order valence-electron chi connectivity index (χ0n) is 19.8. The first-order valence-corrected chi connectivity index (χ1v) is 12.2. The molecular formula is C28H23N5O2S. The maximum absolute atomic E-state index is 13.7. The van der Waals surface area contributed by atoms with Crippen LogP contribution in [0.15, 0.2) is 111 Å². The summed E-state index contributed by atoms with van der Waals surface area (Å²) in [5.41, 5.74) is 3.05. The molecule has 0 saturated carbocycles. The number of nitrogens with zero attached hydrogens (tertiary/aromatic N) is 5. The molecule has 0 N–H and O–H groups in total. The number of benzene rings is 3. The topological polar surface area (TPSA) is 72.0 Å². The fraction of sp³-hybridized carbons (Fsp3) is 0.0714. The van der Waals surface area contributed by atoms with E-state index in [4.69, 9.17) is 0 Å². The van der Waals surface area contributed by atoms with Gasteiger partial charge in [0.15, 0.2) is 0 Å². The maximum Gasteiger partial charge on any atom is 0.296 e. The van der Waals surface area contributed by atoms with Gasteiger partial charge in [0.2, 0.25) is 5.17 Å². The van der Waals surface area contributed by atoms with Crippen LogP contribution in [0.5, 0.6) is 0 Å². The molecule has 2 heterocycles. The minimum Gasteiger partial charge on any atom is -0.283 e. The number of thioether (sulfide) groups is 1. The zero-order valence-corrected chi connectivity index (χ0v) is 20.6. The van der Waals surface area contributed by atoms with Crippen LogP contribution < -0.4 is 10.5 Å². The van der Waals surface area contributed by atoms with Crippen molar-refractivity contribution in [1.82, 2.24) is 9.36 Å². The van der Waals surface area contributed by atoms with Gasteiger partial charge in [0.05, 0.1) is 22.5 Å². The summed E-state index contributed by atoms with van der Waals surface area (Å²) in [5.74, 6) is -0.316. The zero-order chi connectivity index (χ0) is 25.1. The van der Waals surface area contributed by atoms with Gasteiger partial charge in [-0.3, -0.25) is 14.3 Å². The Morgan fingerprint density at radius 3 is 2.03 bits per heavy atom. The van der Waals surface area contributed by atoms with E-state index in [9.17, 15) is 9.59 Å². The first kappa shape index (κ1) is 23.3. The van der Waals surface area contributed by atoms with Crippen molar-refractivity contribution >= 4 is 40.8 Å². The molecule has 5 rings (SSSR count). The maximum atomic E-state index is 13.7. The molecule has 1 aromatic heterocycles. The van der Waals surface area contributed by atoms with Crippen molar-refractivity contribution in [2.24, 2.45) is 17.3 Å². The van der Waals surface area contributed by atoms with Crippen molar-refractivity contribution in [1.29, 1.82) is 0 Å². The predicted octanol–water partition coefficient (Wildman–Crippen LogP) is 5.00. The Bertz CT molecular complexity index is 1550. The number of amides is 1. The quantitative estimate of drug-likeness (QED) is 0.223. The third-order valence-electron chi connectivity index (χ3n) is 5.80. The SMILES string of the molecule is Cc1c(N2C(=O)/C(=C\c3ccccc3)S/C2=N/N=C\c2ccccc2)c(=O)n(-c2ccccc2)n1C. The standard InChI is InChI=1S/C28H23N5O2S/c1-20-25(27(35)33(31(20)2)23-16-10-5-11-17-23)32-26(34)24(18-21-12-6-3-7-13-21)36-28(32)30-29-19-22-14-8-4-9-15-22/h3-19H,1-2H3/b24-18+,29-19-,30-28+. The van der Waals surface area contributed by atoms with E-state index in [1.165, 1.54) is 16.7 Å². The molecule has 1 saturated heterocycles. The van der Waals surface area contributed by atoms with Gasteiger partial charge in [-0.2, -0.15) is 5.10 Å². The van der Waals surface area contributed by atoms with Crippen LogP contribution in [-0.4, -0.2) is 26.7 Å². The van der Waals surface area contributed by atoms with Crippen LogP contribution in [0.3, 0.4) is 0 Å². The number of carbonyl (C=O) groups excluding carboxylic acids is 1. The lowest BCUT2D eigenvalue weighted by Gasteiger charge is -2.12. The molecule has 0 spiro atoms. The Hall–Kier alpha value is -4.43. The van der Waals surface area contributed by atoms with Crippen LogP contribution in [0.2, 0.25) is 0 Å². The lowest BCUT2D eigenvalue weighted by Crippen LogP contribution is -2.33. The Morgan fingerprint density at radius 2 is 1.39 bits per heavy atom. The molecule has 4 aromatic rings. The fourth-order valence-corrected chi connectivity index (χ4v) is 4.86. The summed E-state index contributed by atoms with van der Waals surface area (Å²) in [5, 5.41) is 8.92. The van der Waals surface area contributed by atoms with Gasteiger partial charge in [0.1, 0.15) is 5.69 Å². The second-order valence-electron chi connectivity index (χ2n) is 8.11. The molecule has 0 radical (unpaired) electrons. The van der Waals surface area contributed by atoms with Crippen LogP contribution in [-0.2, 0) is 11.8 Å². The molecule has 178 valence electrons. The smallest absolute Gasteiger partial charge is 0.283 e. The Balaban J connectivity index is 1.62. The second kappa shape index (κ2) is 10.1. The molecule has 1 aliphatic rings. The molecule has 3 aromatic carbocycles. The van der Waals surface area contributed by atoms with Crippen LogP contribution in [0, 0.1) is 6.92 Å². The van der Waals surface area contributed by atoms with Crippen molar-refractivity contribution < 1.29 is 4.79 Å². The van der Waals surface area contributed by atoms with Crippen molar-refractivity contribution in [3.63, 3.8) is 0 Å². The monoisotopic (exact) mass is 493 g/mol. The summed E-state index contributed by atoms with van der Waals surface area (Å²) < 4.78 is 3.29. The summed E-state index contributed by atoms with van der Waals surface area (Å²) in [6.07, 6.45) is 3.42. The number of anilines is 1. The lowest BCUT2D eigenvalue weighted by atomic mass is 10.2. The van der Waals surface area contributed by atoms with Crippen molar-refractivity contribution in [2.75, 3.05) is 4.90 Å². The molecule has 7 nitrogen and oxygen atoms in total. The average molecular weight is 494 g/mol. The number of hydrogen-bond acceptors (Lipinski definition) is 5. The summed E-state index contributed by atoms with van der Waals surface area (Å²) in [6, 6.07) is 28.5. The number of rotatable bonds is 5. The van der Waals surface area contributed by atoms with E-state index in [1.54, 1.807) is 28.7 Å². The van der Waals surface area contributed by atoms with Gasteiger partial charge in [-0.25, -0.2) is 9.58 Å². The number of hydrogen-bond donors (Lipinski definition) is 0. The first-order valence-electron chi connectivity index (χ1n) is 11.3. The third-order valence-corrected chi connectivity index (χ3v) is 6.76. The molecule has 0 atom stereocenters. The summed E-state index contributed by atoms with van der Waals surface area (Å²) in [6.45, 7) is 1.82. The molecule has 0 bridgehead atoms. The highest BCUT2D eigenvalue weighted by molar-refractivity contribution is 8.19. The van der Waals surface area contributed by atoms with E-state index in [0.29, 0.717) is 21.5 Å². The van der Waals surface area contributed by atoms with Gasteiger partial charge in [0, 0.05) is 7.05 Å². The molecule has 0 unspecified atom stereocenters. The van der Waals surface area contributed by atoms with Gasteiger partial charge < -0.3 is 0 Å². The van der Waals surface area contributed by atoms with E-state index in [2.05, 4.69) is 10.2 Å². The molecule has 1 amide bonds. The molecule has 1 aliphatic heterocycles. The molecular weight excluding hydrogens is 470 g/mol. The van der Waals surface area contributed by atoms with E-state index >= 15 is 0 Å². The van der Waals surface area contributed by atoms with Gasteiger partial charge in [0.25, 0.3) is 11.5 Å². The van der Waals surface area contributed by atoms with E-state index in [0.717, 1.165) is 11.1 Å². The fourth-order valence-electron chi connectivity index (χ4n) is 3.93. The van der Waals surface area contributed by atoms with Crippen LogP contribution >= 0.6 is 11.8 Å². The minimum absolute atomic E-state index is 0.254. The number of carbonyl (C=O) groups is 1. The first-order chi connectivity index (χ1) is 17.5. The van der Waals surface area contributed by atoms with E-state index in [-0.39, 0.29) is 17.2 Å². The van der Waals surface area contributed by atoms with Crippen molar-refractivity contribution in [3.8, 4) is 5.69 Å². The number of aromatic nitrogens is 2. The highest BCUT2D eigenvalue weighted by atomic mass is 32.2. The Labute approximate surface area is 212 Å². The molecule has 8 heteroatoms. The van der Waals surface area contributed by atoms with Gasteiger partial charge in [-0.1, -0.05) is 78.9 Å². The average Bonchev–Trinajstić information content (AvgIpc) is 3.31. The summed E-state index contributed by atoms with van der Waals surface area (Å²) in [7, 11) is 1.80. The third kappa shape index (κ3) is 4.46. The van der Waals surface area contributed by atoms with Gasteiger partial charge in [-0.15, -0.1) is 5.10 Å². The van der Waals surface area contributed by atoms with Crippen LogP contribution in [0.4, 0.5) is 5.69 Å². The molecule has 0 aliphatic carbocycles. The highest BCUT2D eigenvalue weighted by Crippen LogP contribution is 2.36. The number of amidine groups is 1. The van der Waals surface area contributed by atoms with E-state index < -0.39 is 0 Å². The Kier molecular flexibility index (Phi) is 6.51. The second-order valence-corrected chi connectivity index (χ2v) is 9.12. The van der Waals surface area contributed by atoms with Crippen molar-refractivity contribution in [2.45, 2.75) is 6.92 Å². The van der Waals surface area contributed by atoms with Gasteiger partial charge >= 0.3 is 0 Å². The number of para-hydroxylation sites is 1. The van der Waals surface area contributed by atoms with E-state index in [1.807, 2.05) is 97.9 Å². The Morgan fingerprint density at radius 1 is 0.806 bits per heavy atom.